The molecule has 9 heteroatoms. The van der Waals surface area contributed by atoms with Crippen LogP contribution in [0.4, 0.5) is 5.69 Å². The van der Waals surface area contributed by atoms with E-state index in [1.807, 2.05) is 56.6 Å². The van der Waals surface area contributed by atoms with Crippen molar-refractivity contribution in [2.45, 2.75) is 71.7 Å². The van der Waals surface area contributed by atoms with Gasteiger partial charge in [-0.1, -0.05) is 18.2 Å². The Bertz CT molecular complexity index is 1230. The molecule has 9 nitrogen and oxygen atoms in total. The molecule has 0 bridgehead atoms. The molecule has 0 spiro atoms. The Morgan fingerprint density at radius 2 is 1.97 bits per heavy atom. The lowest BCUT2D eigenvalue weighted by molar-refractivity contribution is -0.0597. The van der Waals surface area contributed by atoms with E-state index < -0.39 is 0 Å². The first-order chi connectivity index (χ1) is 17.3. The Morgan fingerprint density at radius 3 is 2.61 bits per heavy atom. The number of carbonyl (C=O) groups excluding carboxylic acids is 1. The summed E-state index contributed by atoms with van der Waals surface area (Å²) in [6.07, 6.45) is 8.17. The molecule has 1 aliphatic carbocycles. The van der Waals surface area contributed by atoms with Crippen LogP contribution in [0.2, 0.25) is 0 Å². The molecular weight excluding hydrogens is 456 g/mol. The van der Waals surface area contributed by atoms with Crippen LogP contribution in [0.15, 0.2) is 48.4 Å². The molecule has 1 amide bonds. The van der Waals surface area contributed by atoms with Gasteiger partial charge in [-0.3, -0.25) is 15.1 Å². The van der Waals surface area contributed by atoms with E-state index >= 15 is 0 Å². The molecule has 1 atom stereocenters. The van der Waals surface area contributed by atoms with E-state index in [1.165, 1.54) is 0 Å². The Hall–Kier alpha value is -3.59. The highest BCUT2D eigenvalue weighted by Crippen LogP contribution is 2.30. The molecular formula is C27H36N6O3. The minimum Gasteiger partial charge on any atom is -0.497 e. The molecule has 1 aliphatic rings. The fourth-order valence-electron chi connectivity index (χ4n) is 4.09. The molecule has 0 saturated carbocycles. The zero-order valence-corrected chi connectivity index (χ0v) is 21.7. The Balaban J connectivity index is 1.52. The fourth-order valence-corrected chi connectivity index (χ4v) is 4.09. The lowest BCUT2D eigenvalue weighted by Gasteiger charge is -2.27. The molecule has 0 saturated heterocycles. The number of nitrogens with zero attached hydrogens (tertiary/aromatic N) is 3. The number of rotatable bonds is 9. The maximum Gasteiger partial charge on any atom is 0.255 e. The molecule has 0 aliphatic heterocycles. The number of benzene rings is 1. The predicted molar refractivity (Wildman–Crippen MR) is 141 cm³/mol. The standard InChI is InChI=1S/C27H36N6O3/c1-6-33-25-22(17-30-33)24(31-19-9-11-20(12-10-19)32-36-27(2,3)4)23(16-28-25)26(34)29-15-18-7-13-21(35-5)14-8-18/h7-8,11,13-14,16-17,19,32H,6,9-10,12,15H2,1-5H3,(H,28,31)(H,29,34). The number of hydroxylamine groups is 1. The van der Waals surface area contributed by atoms with E-state index in [-0.39, 0.29) is 17.6 Å². The second kappa shape index (κ2) is 11.0. The predicted octanol–water partition coefficient (Wildman–Crippen LogP) is 4.56. The third-order valence-electron chi connectivity index (χ3n) is 6.07. The van der Waals surface area contributed by atoms with E-state index in [0.717, 1.165) is 53.0 Å². The molecule has 0 fully saturated rings. The van der Waals surface area contributed by atoms with Crippen molar-refractivity contribution in [1.82, 2.24) is 25.6 Å². The van der Waals surface area contributed by atoms with Crippen LogP contribution in [0.25, 0.3) is 11.0 Å². The topological polar surface area (TPSA) is 102 Å². The van der Waals surface area contributed by atoms with Gasteiger partial charge >= 0.3 is 0 Å². The first-order valence-electron chi connectivity index (χ1n) is 12.4. The molecule has 1 unspecified atom stereocenters. The summed E-state index contributed by atoms with van der Waals surface area (Å²) in [7, 11) is 1.63. The van der Waals surface area contributed by atoms with Crippen molar-refractivity contribution < 1.29 is 14.4 Å². The quantitative estimate of drug-likeness (QED) is 0.376. The molecule has 192 valence electrons. The number of allylic oxidation sites excluding steroid dienone is 1. The maximum atomic E-state index is 13.3. The van der Waals surface area contributed by atoms with Gasteiger partial charge in [-0.25, -0.2) is 9.67 Å². The molecule has 3 aromatic rings. The molecule has 2 aromatic heterocycles. The molecule has 36 heavy (non-hydrogen) atoms. The summed E-state index contributed by atoms with van der Waals surface area (Å²) < 4.78 is 7.05. The number of aromatic nitrogens is 3. The van der Waals surface area contributed by atoms with Crippen LogP contribution >= 0.6 is 0 Å². The number of amides is 1. The van der Waals surface area contributed by atoms with Gasteiger partial charge in [-0.15, -0.1) is 0 Å². The monoisotopic (exact) mass is 492 g/mol. The van der Waals surface area contributed by atoms with Crippen molar-refractivity contribution in [3.8, 4) is 5.75 Å². The second-order valence-electron chi connectivity index (χ2n) is 9.94. The summed E-state index contributed by atoms with van der Waals surface area (Å²) in [4.78, 5) is 23.5. The van der Waals surface area contributed by atoms with Gasteiger partial charge in [0.25, 0.3) is 5.91 Å². The van der Waals surface area contributed by atoms with Gasteiger partial charge in [-0.05, 0) is 64.7 Å². The Morgan fingerprint density at radius 1 is 1.19 bits per heavy atom. The number of fused-ring (bicyclic) bond motifs is 1. The second-order valence-corrected chi connectivity index (χ2v) is 9.94. The van der Waals surface area contributed by atoms with Crippen LogP contribution in [0.1, 0.15) is 62.9 Å². The minimum atomic E-state index is -0.258. The van der Waals surface area contributed by atoms with E-state index in [4.69, 9.17) is 9.57 Å². The number of hydrogen-bond donors (Lipinski definition) is 3. The van der Waals surface area contributed by atoms with Crippen molar-refractivity contribution in [2.24, 2.45) is 0 Å². The maximum absolute atomic E-state index is 13.3. The molecule has 3 N–H and O–H groups in total. The third kappa shape index (κ3) is 6.15. The first kappa shape index (κ1) is 25.5. The first-order valence-corrected chi connectivity index (χ1v) is 12.4. The van der Waals surface area contributed by atoms with Crippen molar-refractivity contribution in [2.75, 3.05) is 12.4 Å². The van der Waals surface area contributed by atoms with Crippen LogP contribution in [-0.4, -0.2) is 39.4 Å². The zero-order valence-electron chi connectivity index (χ0n) is 21.7. The summed E-state index contributed by atoms with van der Waals surface area (Å²) in [5.74, 6) is 0.600. The number of nitrogens with one attached hydrogen (secondary N) is 3. The summed E-state index contributed by atoms with van der Waals surface area (Å²) in [6, 6.07) is 7.82. The minimum absolute atomic E-state index is 0.175. The van der Waals surface area contributed by atoms with Crippen molar-refractivity contribution in [1.29, 1.82) is 0 Å². The highest BCUT2D eigenvalue weighted by molar-refractivity contribution is 6.06. The highest BCUT2D eigenvalue weighted by Gasteiger charge is 2.22. The number of hydrogen-bond acceptors (Lipinski definition) is 7. The lowest BCUT2D eigenvalue weighted by atomic mass is 9.98. The van der Waals surface area contributed by atoms with Crippen LogP contribution in [0.3, 0.4) is 0 Å². The normalized spacial score (nSPS) is 15.9. The van der Waals surface area contributed by atoms with Crippen LogP contribution < -0.4 is 20.9 Å². The van der Waals surface area contributed by atoms with Gasteiger partial charge < -0.3 is 15.4 Å². The average molecular weight is 493 g/mol. The summed E-state index contributed by atoms with van der Waals surface area (Å²) in [5.41, 5.74) is 6.95. The summed E-state index contributed by atoms with van der Waals surface area (Å²) in [5, 5.41) is 12.0. The largest absolute Gasteiger partial charge is 0.497 e. The Labute approximate surface area is 212 Å². The van der Waals surface area contributed by atoms with Crippen molar-refractivity contribution in [3.05, 3.63) is 59.6 Å². The number of methoxy groups -OCH3 is 1. The fraction of sp³-hybridized carbons (Fsp3) is 0.444. The number of carbonyl (C=O) groups is 1. The van der Waals surface area contributed by atoms with Gasteiger partial charge in [0.1, 0.15) is 5.75 Å². The van der Waals surface area contributed by atoms with Crippen molar-refractivity contribution >= 4 is 22.6 Å². The number of anilines is 1. The molecule has 0 radical (unpaired) electrons. The number of ether oxygens (including phenoxy) is 1. The van der Waals surface area contributed by atoms with Crippen LogP contribution in [0.5, 0.6) is 5.75 Å². The smallest absolute Gasteiger partial charge is 0.255 e. The van der Waals surface area contributed by atoms with Crippen molar-refractivity contribution in [3.63, 3.8) is 0 Å². The number of aryl methyl sites for hydroxylation is 1. The van der Waals surface area contributed by atoms with Crippen LogP contribution in [-0.2, 0) is 17.9 Å². The SMILES string of the molecule is CCn1ncc2c(NC3CC=C(NOC(C)(C)C)CC3)c(C(=O)NCc3ccc(OC)cc3)cnc21. The van der Waals surface area contributed by atoms with Gasteiger partial charge in [0, 0.05) is 31.0 Å². The highest BCUT2D eigenvalue weighted by atomic mass is 16.7. The third-order valence-corrected chi connectivity index (χ3v) is 6.07. The zero-order chi connectivity index (χ0) is 25.7. The molecule has 2 heterocycles. The van der Waals surface area contributed by atoms with Gasteiger partial charge in [0.2, 0.25) is 0 Å². The van der Waals surface area contributed by atoms with E-state index in [9.17, 15) is 4.79 Å². The summed E-state index contributed by atoms with van der Waals surface area (Å²) in [6.45, 7) is 9.18. The average Bonchev–Trinajstić information content (AvgIpc) is 3.30. The Kier molecular flexibility index (Phi) is 7.79. The molecule has 1 aromatic carbocycles. The van der Waals surface area contributed by atoms with Gasteiger partial charge in [0.15, 0.2) is 5.65 Å². The molecule has 4 rings (SSSR count). The van der Waals surface area contributed by atoms with E-state index in [2.05, 4.69) is 32.3 Å². The summed E-state index contributed by atoms with van der Waals surface area (Å²) >= 11 is 0. The van der Waals surface area contributed by atoms with Gasteiger partial charge in [-0.2, -0.15) is 5.10 Å². The van der Waals surface area contributed by atoms with E-state index in [0.29, 0.717) is 18.7 Å². The lowest BCUT2D eigenvalue weighted by Crippen LogP contribution is -2.32. The van der Waals surface area contributed by atoms with Gasteiger partial charge in [0.05, 0.1) is 35.5 Å². The van der Waals surface area contributed by atoms with Crippen LogP contribution in [0, 0.1) is 0 Å². The van der Waals surface area contributed by atoms with E-state index in [1.54, 1.807) is 19.5 Å². The number of pyridine rings is 1.